The van der Waals surface area contributed by atoms with Gasteiger partial charge in [-0.15, -0.1) is 0 Å². The molecule has 1 atom stereocenters. The standard InChI is InChI=1S/C18H18N2OS/c1-12-7-9-15(10-8-12)20-18(22)19-13(2)17-11-14-5-3-4-6-16(14)21-17/h3-11,13H,1-2H3,(H2,19,20,22)/t13-/m0/s1. The Morgan fingerprint density at radius 1 is 1.09 bits per heavy atom. The zero-order chi connectivity index (χ0) is 15.5. The van der Waals surface area contributed by atoms with Crippen molar-refractivity contribution in [1.82, 2.24) is 5.32 Å². The highest BCUT2D eigenvalue weighted by molar-refractivity contribution is 7.80. The third-order valence-corrected chi connectivity index (χ3v) is 3.75. The summed E-state index contributed by atoms with van der Waals surface area (Å²) in [7, 11) is 0. The van der Waals surface area contributed by atoms with Crippen molar-refractivity contribution in [3.63, 3.8) is 0 Å². The molecule has 0 spiro atoms. The number of hydrogen-bond donors (Lipinski definition) is 2. The third kappa shape index (κ3) is 3.28. The Morgan fingerprint density at radius 3 is 2.55 bits per heavy atom. The lowest BCUT2D eigenvalue weighted by Crippen LogP contribution is -2.30. The molecule has 0 aliphatic heterocycles. The molecule has 4 heteroatoms. The van der Waals surface area contributed by atoms with Crippen LogP contribution < -0.4 is 10.6 Å². The zero-order valence-corrected chi connectivity index (χ0v) is 13.4. The van der Waals surface area contributed by atoms with Crippen LogP contribution in [-0.4, -0.2) is 5.11 Å². The van der Waals surface area contributed by atoms with Gasteiger partial charge in [0.25, 0.3) is 0 Å². The van der Waals surface area contributed by atoms with Gasteiger partial charge in [-0.3, -0.25) is 0 Å². The van der Waals surface area contributed by atoms with E-state index < -0.39 is 0 Å². The second-order valence-electron chi connectivity index (χ2n) is 5.37. The fraction of sp³-hybridized carbons (Fsp3) is 0.167. The number of furan rings is 1. The first-order chi connectivity index (χ1) is 10.6. The highest BCUT2D eigenvalue weighted by Gasteiger charge is 2.12. The topological polar surface area (TPSA) is 37.2 Å². The van der Waals surface area contributed by atoms with Crippen molar-refractivity contribution in [2.45, 2.75) is 19.9 Å². The Labute approximate surface area is 135 Å². The van der Waals surface area contributed by atoms with Gasteiger partial charge in [0.2, 0.25) is 0 Å². The first kappa shape index (κ1) is 14.6. The van der Waals surface area contributed by atoms with Crippen molar-refractivity contribution in [1.29, 1.82) is 0 Å². The molecule has 3 rings (SSSR count). The van der Waals surface area contributed by atoms with Crippen LogP contribution in [0.1, 0.15) is 24.3 Å². The predicted octanol–water partition coefficient (Wildman–Crippen LogP) is 4.79. The van der Waals surface area contributed by atoms with Crippen LogP contribution in [0.2, 0.25) is 0 Å². The summed E-state index contributed by atoms with van der Waals surface area (Å²) >= 11 is 5.36. The second kappa shape index (κ2) is 6.20. The van der Waals surface area contributed by atoms with E-state index >= 15 is 0 Å². The lowest BCUT2D eigenvalue weighted by Gasteiger charge is -2.15. The number of fused-ring (bicyclic) bond motifs is 1. The van der Waals surface area contributed by atoms with Crippen LogP contribution >= 0.6 is 12.2 Å². The normalized spacial score (nSPS) is 12.1. The molecule has 3 nitrogen and oxygen atoms in total. The van der Waals surface area contributed by atoms with Crippen LogP contribution in [0.15, 0.2) is 59.0 Å². The zero-order valence-electron chi connectivity index (χ0n) is 12.6. The van der Waals surface area contributed by atoms with Gasteiger partial charge in [-0.2, -0.15) is 0 Å². The minimum absolute atomic E-state index is 0.00199. The number of anilines is 1. The fourth-order valence-corrected chi connectivity index (χ4v) is 2.58. The molecule has 2 N–H and O–H groups in total. The molecule has 1 heterocycles. The highest BCUT2D eigenvalue weighted by atomic mass is 32.1. The van der Waals surface area contributed by atoms with Crippen LogP contribution in [-0.2, 0) is 0 Å². The molecular weight excluding hydrogens is 292 g/mol. The van der Waals surface area contributed by atoms with E-state index in [1.165, 1.54) is 5.56 Å². The van der Waals surface area contributed by atoms with Crippen molar-refractivity contribution in [3.05, 3.63) is 65.9 Å². The molecule has 0 aliphatic carbocycles. The SMILES string of the molecule is Cc1ccc(NC(=S)N[C@@H](C)c2cc3ccccc3o2)cc1. The Kier molecular flexibility index (Phi) is 4.11. The molecule has 3 aromatic rings. The van der Waals surface area contributed by atoms with Crippen molar-refractivity contribution < 1.29 is 4.42 Å². The molecule has 1 aromatic heterocycles. The van der Waals surface area contributed by atoms with Crippen molar-refractivity contribution in [2.24, 2.45) is 0 Å². The second-order valence-corrected chi connectivity index (χ2v) is 5.78. The smallest absolute Gasteiger partial charge is 0.171 e. The molecule has 0 amide bonds. The Balaban J connectivity index is 1.66. The van der Waals surface area contributed by atoms with E-state index in [1.54, 1.807) is 0 Å². The number of para-hydroxylation sites is 1. The number of benzene rings is 2. The highest BCUT2D eigenvalue weighted by Crippen LogP contribution is 2.23. The largest absolute Gasteiger partial charge is 0.459 e. The Hall–Kier alpha value is -2.33. The number of hydrogen-bond acceptors (Lipinski definition) is 2. The molecule has 2 aromatic carbocycles. The van der Waals surface area contributed by atoms with E-state index in [9.17, 15) is 0 Å². The molecular formula is C18H18N2OS. The molecule has 22 heavy (non-hydrogen) atoms. The molecule has 0 fully saturated rings. The predicted molar refractivity (Wildman–Crippen MR) is 95.2 cm³/mol. The van der Waals surface area contributed by atoms with Gasteiger partial charge >= 0.3 is 0 Å². The van der Waals surface area contributed by atoms with E-state index in [-0.39, 0.29) is 6.04 Å². The molecule has 0 aliphatic rings. The van der Waals surface area contributed by atoms with E-state index in [0.29, 0.717) is 5.11 Å². The van der Waals surface area contributed by atoms with Crippen molar-refractivity contribution >= 4 is 34.0 Å². The number of thiocarbonyl (C=S) groups is 1. The first-order valence-corrected chi connectivity index (χ1v) is 7.65. The number of rotatable bonds is 3. The van der Waals surface area contributed by atoms with Gasteiger partial charge < -0.3 is 15.1 Å². The average molecular weight is 310 g/mol. The summed E-state index contributed by atoms with van der Waals surface area (Å²) in [5.41, 5.74) is 3.09. The Morgan fingerprint density at radius 2 is 1.82 bits per heavy atom. The minimum atomic E-state index is -0.00199. The summed E-state index contributed by atoms with van der Waals surface area (Å²) in [6, 6.07) is 18.1. The van der Waals surface area contributed by atoms with E-state index in [1.807, 2.05) is 61.5 Å². The molecule has 0 unspecified atom stereocenters. The maximum atomic E-state index is 5.85. The van der Waals surface area contributed by atoms with Gasteiger partial charge in [-0.1, -0.05) is 35.9 Å². The first-order valence-electron chi connectivity index (χ1n) is 7.24. The minimum Gasteiger partial charge on any atom is -0.459 e. The molecule has 112 valence electrons. The van der Waals surface area contributed by atoms with E-state index in [2.05, 4.69) is 17.6 Å². The quantitative estimate of drug-likeness (QED) is 0.682. The summed E-state index contributed by atoms with van der Waals surface area (Å²) < 4.78 is 5.85. The maximum Gasteiger partial charge on any atom is 0.171 e. The third-order valence-electron chi connectivity index (χ3n) is 3.53. The summed E-state index contributed by atoms with van der Waals surface area (Å²) in [6.45, 7) is 4.09. The Bertz CT molecular complexity index is 759. The number of aryl methyl sites for hydroxylation is 1. The average Bonchev–Trinajstić information content (AvgIpc) is 2.93. The summed E-state index contributed by atoms with van der Waals surface area (Å²) in [6.07, 6.45) is 0. The summed E-state index contributed by atoms with van der Waals surface area (Å²) in [5.74, 6) is 0.870. The van der Waals surface area contributed by atoms with E-state index in [4.69, 9.17) is 16.6 Å². The fourth-order valence-electron chi connectivity index (χ4n) is 2.29. The molecule has 0 saturated heterocycles. The van der Waals surface area contributed by atoms with Crippen molar-refractivity contribution in [2.75, 3.05) is 5.32 Å². The monoisotopic (exact) mass is 310 g/mol. The van der Waals surface area contributed by atoms with Crippen molar-refractivity contribution in [3.8, 4) is 0 Å². The van der Waals surface area contributed by atoms with Gasteiger partial charge in [-0.25, -0.2) is 0 Å². The molecule has 0 bridgehead atoms. The lowest BCUT2D eigenvalue weighted by molar-refractivity contribution is 0.493. The lowest BCUT2D eigenvalue weighted by atomic mass is 10.2. The maximum absolute atomic E-state index is 5.85. The van der Waals surface area contributed by atoms with Crippen LogP contribution in [0.5, 0.6) is 0 Å². The van der Waals surface area contributed by atoms with Gasteiger partial charge in [0.15, 0.2) is 5.11 Å². The molecule has 0 saturated carbocycles. The van der Waals surface area contributed by atoms with Gasteiger partial charge in [0.05, 0.1) is 6.04 Å². The van der Waals surface area contributed by atoms with E-state index in [0.717, 1.165) is 22.4 Å². The van der Waals surface area contributed by atoms with Gasteiger partial charge in [0, 0.05) is 11.1 Å². The van der Waals surface area contributed by atoms with Crippen LogP contribution in [0.4, 0.5) is 5.69 Å². The van der Waals surface area contributed by atoms with Crippen LogP contribution in [0.3, 0.4) is 0 Å². The van der Waals surface area contributed by atoms with Crippen LogP contribution in [0, 0.1) is 6.92 Å². The summed E-state index contributed by atoms with van der Waals surface area (Å²) in [4.78, 5) is 0. The summed E-state index contributed by atoms with van der Waals surface area (Å²) in [5, 5.41) is 8.11. The number of nitrogens with one attached hydrogen (secondary N) is 2. The van der Waals surface area contributed by atoms with Crippen LogP contribution in [0.25, 0.3) is 11.0 Å². The van der Waals surface area contributed by atoms with Gasteiger partial charge in [0.1, 0.15) is 11.3 Å². The molecule has 0 radical (unpaired) electrons. The van der Waals surface area contributed by atoms with Gasteiger partial charge in [-0.05, 0) is 50.3 Å².